The summed E-state index contributed by atoms with van der Waals surface area (Å²) >= 11 is 0. The average Bonchev–Trinajstić information content (AvgIpc) is 2.21. The lowest BCUT2D eigenvalue weighted by atomic mass is 10.2. The van der Waals surface area contributed by atoms with Gasteiger partial charge >= 0.3 is 5.97 Å². The van der Waals surface area contributed by atoms with Crippen molar-refractivity contribution in [2.24, 2.45) is 0 Å². The topological polar surface area (TPSA) is 38.3 Å². The quantitative estimate of drug-likeness (QED) is 0.526. The first-order valence-electron chi connectivity index (χ1n) is 6.09. The summed E-state index contributed by atoms with van der Waals surface area (Å²) in [7, 11) is 0. The van der Waals surface area contributed by atoms with Crippen LogP contribution in [0.4, 0.5) is 0 Å². The maximum atomic E-state index is 10.7. The van der Waals surface area contributed by atoms with Crippen LogP contribution in [0.25, 0.3) is 0 Å². The minimum atomic E-state index is -0.0593. The summed E-state index contributed by atoms with van der Waals surface area (Å²) in [5.41, 5.74) is 0. The van der Waals surface area contributed by atoms with E-state index in [-0.39, 0.29) is 5.97 Å². The molecule has 0 aromatic carbocycles. The minimum absolute atomic E-state index is 0.0593. The van der Waals surface area contributed by atoms with Crippen LogP contribution in [-0.4, -0.2) is 25.7 Å². The van der Waals surface area contributed by atoms with Crippen molar-refractivity contribution in [2.45, 2.75) is 53.4 Å². The van der Waals surface area contributed by atoms with E-state index in [0.717, 1.165) is 32.4 Å². The summed E-state index contributed by atoms with van der Waals surface area (Å²) in [5.74, 6) is -0.0593. The first-order chi connectivity index (χ1) is 7.22. The summed E-state index contributed by atoms with van der Waals surface area (Å²) < 4.78 is 4.75. The third-order valence-corrected chi connectivity index (χ3v) is 1.79. The van der Waals surface area contributed by atoms with Crippen molar-refractivity contribution in [2.75, 3.05) is 19.7 Å². The van der Waals surface area contributed by atoms with Gasteiger partial charge in [-0.3, -0.25) is 4.79 Å². The molecule has 0 aromatic rings. The van der Waals surface area contributed by atoms with Crippen molar-refractivity contribution in [3.8, 4) is 0 Å². The molecular weight excluding hydrogens is 190 g/mol. The van der Waals surface area contributed by atoms with Crippen molar-refractivity contribution in [1.29, 1.82) is 0 Å². The number of rotatable bonds is 7. The fourth-order valence-corrected chi connectivity index (χ4v) is 1.00. The van der Waals surface area contributed by atoms with Crippen molar-refractivity contribution >= 4 is 5.97 Å². The molecule has 0 unspecified atom stereocenters. The van der Waals surface area contributed by atoms with Gasteiger partial charge in [-0.25, -0.2) is 0 Å². The molecule has 1 N–H and O–H groups in total. The molecule has 3 heteroatoms. The monoisotopic (exact) mass is 217 g/mol. The Morgan fingerprint density at radius 2 is 1.67 bits per heavy atom. The molecule has 0 amide bonds. The lowest BCUT2D eigenvalue weighted by Gasteiger charge is -1.99. The third-order valence-electron chi connectivity index (χ3n) is 1.79. The van der Waals surface area contributed by atoms with Gasteiger partial charge in [-0.15, -0.1) is 0 Å². The number of ether oxygens (including phenoxy) is 1. The molecule has 92 valence electrons. The van der Waals surface area contributed by atoms with Crippen molar-refractivity contribution in [3.05, 3.63) is 0 Å². The molecular formula is C12H27NO2. The Balaban J connectivity index is 0. The summed E-state index contributed by atoms with van der Waals surface area (Å²) in [5, 5.41) is 3.11. The zero-order valence-corrected chi connectivity index (χ0v) is 10.8. The number of carbonyl (C=O) groups excluding carboxylic acids is 1. The second-order valence-corrected chi connectivity index (χ2v) is 3.22. The second kappa shape index (κ2) is 15.9. The first-order valence-corrected chi connectivity index (χ1v) is 6.09. The Morgan fingerprint density at radius 1 is 1.07 bits per heavy atom. The zero-order chi connectivity index (χ0) is 11.9. The number of nitrogens with one attached hydrogen (secondary N) is 1. The molecule has 0 spiro atoms. The molecule has 0 atom stereocenters. The standard InChI is InChI=1S/C8H16O2.C4H11N/c1-3-5-6-7-8(9)10-4-2;1-3-5-4-2/h3-7H2,1-2H3;5H,3-4H2,1-2H3. The van der Waals surface area contributed by atoms with Crippen LogP contribution >= 0.6 is 0 Å². The number of esters is 1. The Labute approximate surface area is 94.6 Å². The molecule has 0 saturated carbocycles. The smallest absolute Gasteiger partial charge is 0.305 e. The molecule has 0 radical (unpaired) electrons. The fourth-order valence-electron chi connectivity index (χ4n) is 1.00. The van der Waals surface area contributed by atoms with Crippen LogP contribution in [0.2, 0.25) is 0 Å². The summed E-state index contributed by atoms with van der Waals surface area (Å²) in [6.07, 6.45) is 3.83. The SMILES string of the molecule is CCCCCC(=O)OCC.CCNCC. The van der Waals surface area contributed by atoms with Crippen LogP contribution in [0.1, 0.15) is 53.4 Å². The Morgan fingerprint density at radius 3 is 2.00 bits per heavy atom. The van der Waals surface area contributed by atoms with Gasteiger partial charge in [-0.05, 0) is 26.4 Å². The molecule has 0 aromatic heterocycles. The lowest BCUT2D eigenvalue weighted by molar-refractivity contribution is -0.143. The van der Waals surface area contributed by atoms with Crippen molar-refractivity contribution < 1.29 is 9.53 Å². The Bertz CT molecular complexity index is 125. The lowest BCUT2D eigenvalue weighted by Crippen LogP contribution is -2.09. The van der Waals surface area contributed by atoms with Crippen LogP contribution in [0.3, 0.4) is 0 Å². The summed E-state index contributed by atoms with van der Waals surface area (Å²) in [6.45, 7) is 10.8. The molecule has 0 aliphatic heterocycles. The van der Waals surface area contributed by atoms with E-state index in [1.54, 1.807) is 0 Å². The maximum absolute atomic E-state index is 10.7. The van der Waals surface area contributed by atoms with Crippen LogP contribution in [0.5, 0.6) is 0 Å². The van der Waals surface area contributed by atoms with E-state index in [9.17, 15) is 4.79 Å². The van der Waals surface area contributed by atoms with E-state index < -0.39 is 0 Å². The summed E-state index contributed by atoms with van der Waals surface area (Å²) in [6, 6.07) is 0. The van der Waals surface area contributed by atoms with Gasteiger partial charge in [0.2, 0.25) is 0 Å². The third kappa shape index (κ3) is 19.7. The van der Waals surface area contributed by atoms with E-state index in [1.165, 1.54) is 0 Å². The summed E-state index contributed by atoms with van der Waals surface area (Å²) in [4.78, 5) is 10.7. The molecule has 0 aliphatic carbocycles. The van der Waals surface area contributed by atoms with Gasteiger partial charge < -0.3 is 10.1 Å². The predicted octanol–water partition coefficient (Wildman–Crippen LogP) is 2.75. The van der Waals surface area contributed by atoms with Gasteiger partial charge in [0, 0.05) is 6.42 Å². The van der Waals surface area contributed by atoms with E-state index >= 15 is 0 Å². The molecule has 15 heavy (non-hydrogen) atoms. The second-order valence-electron chi connectivity index (χ2n) is 3.22. The van der Waals surface area contributed by atoms with E-state index in [0.29, 0.717) is 13.0 Å². The van der Waals surface area contributed by atoms with Gasteiger partial charge in [0.15, 0.2) is 0 Å². The number of hydrogen-bond donors (Lipinski definition) is 1. The first kappa shape index (κ1) is 16.8. The van der Waals surface area contributed by atoms with Crippen LogP contribution in [0.15, 0.2) is 0 Å². The molecule has 0 heterocycles. The minimum Gasteiger partial charge on any atom is -0.466 e. The Kier molecular flexibility index (Phi) is 17.8. The van der Waals surface area contributed by atoms with E-state index in [2.05, 4.69) is 26.1 Å². The van der Waals surface area contributed by atoms with Crippen LogP contribution in [0, 0.1) is 0 Å². The highest BCUT2D eigenvalue weighted by molar-refractivity contribution is 5.69. The fraction of sp³-hybridized carbons (Fsp3) is 0.917. The van der Waals surface area contributed by atoms with E-state index in [4.69, 9.17) is 4.74 Å². The number of unbranched alkanes of at least 4 members (excludes halogenated alkanes) is 2. The van der Waals surface area contributed by atoms with Gasteiger partial charge in [0.05, 0.1) is 6.61 Å². The predicted molar refractivity (Wildman–Crippen MR) is 65.0 cm³/mol. The zero-order valence-electron chi connectivity index (χ0n) is 10.8. The average molecular weight is 217 g/mol. The van der Waals surface area contributed by atoms with Crippen LogP contribution in [-0.2, 0) is 9.53 Å². The highest BCUT2D eigenvalue weighted by atomic mass is 16.5. The van der Waals surface area contributed by atoms with E-state index in [1.807, 2.05) is 6.92 Å². The van der Waals surface area contributed by atoms with Gasteiger partial charge in [0.25, 0.3) is 0 Å². The molecule has 0 fully saturated rings. The molecule has 0 aliphatic rings. The normalized spacial score (nSPS) is 9.07. The largest absolute Gasteiger partial charge is 0.466 e. The van der Waals surface area contributed by atoms with Crippen molar-refractivity contribution in [1.82, 2.24) is 5.32 Å². The molecule has 0 rings (SSSR count). The highest BCUT2D eigenvalue weighted by Crippen LogP contribution is 1.99. The van der Waals surface area contributed by atoms with Crippen LogP contribution < -0.4 is 5.32 Å². The highest BCUT2D eigenvalue weighted by Gasteiger charge is 1.98. The molecule has 0 bridgehead atoms. The number of carbonyl (C=O) groups is 1. The van der Waals surface area contributed by atoms with Gasteiger partial charge in [0.1, 0.15) is 0 Å². The molecule has 3 nitrogen and oxygen atoms in total. The van der Waals surface area contributed by atoms with Gasteiger partial charge in [-0.2, -0.15) is 0 Å². The molecule has 0 saturated heterocycles. The van der Waals surface area contributed by atoms with Crippen molar-refractivity contribution in [3.63, 3.8) is 0 Å². The maximum Gasteiger partial charge on any atom is 0.305 e. The Hall–Kier alpha value is -0.570. The number of hydrogen-bond acceptors (Lipinski definition) is 3. The van der Waals surface area contributed by atoms with Gasteiger partial charge in [-0.1, -0.05) is 33.6 Å².